The van der Waals surface area contributed by atoms with Crippen LogP contribution in [0.3, 0.4) is 0 Å². The van der Waals surface area contributed by atoms with Crippen LogP contribution < -0.4 is 5.73 Å². The fourth-order valence-electron chi connectivity index (χ4n) is 1.48. The summed E-state index contributed by atoms with van der Waals surface area (Å²) in [6.07, 6.45) is 2.51. The summed E-state index contributed by atoms with van der Waals surface area (Å²) >= 11 is 6.77. The molecular weight excluding hydrogens is 364 g/mol. The minimum atomic E-state index is 0.158. The van der Waals surface area contributed by atoms with E-state index in [1.807, 2.05) is 13.0 Å². The molecule has 0 aliphatic heterocycles. The van der Waals surface area contributed by atoms with Crippen molar-refractivity contribution in [1.82, 2.24) is 15.1 Å². The molecule has 0 bridgehead atoms. The summed E-state index contributed by atoms with van der Waals surface area (Å²) in [4.78, 5) is 8.61. The van der Waals surface area contributed by atoms with E-state index < -0.39 is 0 Å². The topological polar surface area (TPSA) is 77.8 Å². The van der Waals surface area contributed by atoms with Crippen LogP contribution in [0.4, 0.5) is 0 Å². The largest absolute Gasteiger partial charge is 0.339 e. The van der Waals surface area contributed by atoms with Gasteiger partial charge in [0.05, 0.1) is 0 Å². The number of hydrogen-bond donors (Lipinski definition) is 1. The predicted octanol–water partition coefficient (Wildman–Crippen LogP) is 3.11. The first-order chi connectivity index (χ1) is 8.61. The van der Waals surface area contributed by atoms with Crippen LogP contribution in [0.25, 0.3) is 11.5 Å². The second kappa shape index (κ2) is 5.90. The van der Waals surface area contributed by atoms with E-state index in [1.54, 1.807) is 6.20 Å². The molecular formula is C11H12Br2N4O. The van der Waals surface area contributed by atoms with E-state index >= 15 is 0 Å². The van der Waals surface area contributed by atoms with E-state index in [0.717, 1.165) is 15.4 Å². The van der Waals surface area contributed by atoms with Gasteiger partial charge in [0.2, 0.25) is 11.7 Å². The maximum atomic E-state index is 5.51. The van der Waals surface area contributed by atoms with Crippen molar-refractivity contribution in [2.24, 2.45) is 5.73 Å². The standard InChI is InChI=1S/C11H12Br2N4O/c1-6(2-3-14)11-16-10(17-18-11)9-8(13)4-7(12)5-15-9/h4-6H,2-3,14H2,1H3. The molecule has 0 saturated carbocycles. The van der Waals surface area contributed by atoms with Gasteiger partial charge >= 0.3 is 0 Å². The van der Waals surface area contributed by atoms with Crippen LogP contribution in [-0.4, -0.2) is 21.7 Å². The van der Waals surface area contributed by atoms with Crippen molar-refractivity contribution in [3.63, 3.8) is 0 Å². The molecule has 2 N–H and O–H groups in total. The van der Waals surface area contributed by atoms with Gasteiger partial charge in [0.15, 0.2) is 0 Å². The van der Waals surface area contributed by atoms with Crippen molar-refractivity contribution >= 4 is 31.9 Å². The van der Waals surface area contributed by atoms with Gasteiger partial charge in [-0.25, -0.2) is 0 Å². The van der Waals surface area contributed by atoms with Crippen molar-refractivity contribution in [1.29, 1.82) is 0 Å². The van der Waals surface area contributed by atoms with Gasteiger partial charge in [-0.15, -0.1) is 0 Å². The zero-order valence-corrected chi connectivity index (χ0v) is 12.9. The molecule has 0 aliphatic carbocycles. The Balaban J connectivity index is 2.29. The zero-order valence-electron chi connectivity index (χ0n) is 9.73. The molecule has 2 aromatic rings. The molecule has 1 unspecified atom stereocenters. The lowest BCUT2D eigenvalue weighted by atomic mass is 10.1. The average Bonchev–Trinajstić information content (AvgIpc) is 2.78. The third-order valence-corrected chi connectivity index (χ3v) is 3.52. The lowest BCUT2D eigenvalue weighted by Crippen LogP contribution is -2.04. The molecule has 7 heteroatoms. The number of halogens is 2. The maximum Gasteiger partial charge on any atom is 0.229 e. The molecule has 0 aromatic carbocycles. The molecule has 0 spiro atoms. The van der Waals surface area contributed by atoms with Gasteiger partial charge in [-0.1, -0.05) is 12.1 Å². The van der Waals surface area contributed by atoms with E-state index in [9.17, 15) is 0 Å². The lowest BCUT2D eigenvalue weighted by Gasteiger charge is -2.02. The number of nitrogens with two attached hydrogens (primary N) is 1. The first-order valence-electron chi connectivity index (χ1n) is 5.47. The van der Waals surface area contributed by atoms with Crippen LogP contribution in [0.2, 0.25) is 0 Å². The molecule has 0 aliphatic rings. The summed E-state index contributed by atoms with van der Waals surface area (Å²) in [5.41, 5.74) is 6.17. The summed E-state index contributed by atoms with van der Waals surface area (Å²) in [5.74, 6) is 1.23. The smallest absolute Gasteiger partial charge is 0.229 e. The van der Waals surface area contributed by atoms with Gasteiger partial charge < -0.3 is 10.3 Å². The third kappa shape index (κ3) is 2.96. The van der Waals surface area contributed by atoms with E-state index in [0.29, 0.717) is 24.0 Å². The molecule has 2 heterocycles. The molecule has 0 saturated heterocycles. The van der Waals surface area contributed by atoms with Crippen molar-refractivity contribution < 1.29 is 4.52 Å². The number of aromatic nitrogens is 3. The highest BCUT2D eigenvalue weighted by Gasteiger charge is 2.17. The Morgan fingerprint density at radius 1 is 1.44 bits per heavy atom. The molecule has 2 rings (SSSR count). The normalized spacial score (nSPS) is 12.7. The fraction of sp³-hybridized carbons (Fsp3) is 0.364. The summed E-state index contributed by atoms with van der Waals surface area (Å²) in [5, 5.41) is 3.95. The van der Waals surface area contributed by atoms with Crippen LogP contribution in [0, 0.1) is 0 Å². The van der Waals surface area contributed by atoms with E-state index in [1.165, 1.54) is 0 Å². The molecule has 2 aromatic heterocycles. The van der Waals surface area contributed by atoms with Crippen LogP contribution in [0.15, 0.2) is 25.7 Å². The Kier molecular flexibility index (Phi) is 4.47. The van der Waals surface area contributed by atoms with Gasteiger partial charge in [0.1, 0.15) is 5.69 Å². The summed E-state index contributed by atoms with van der Waals surface area (Å²) < 4.78 is 6.93. The van der Waals surface area contributed by atoms with Crippen molar-refractivity contribution in [3.05, 3.63) is 27.1 Å². The predicted molar refractivity (Wildman–Crippen MR) is 75.0 cm³/mol. The minimum absolute atomic E-state index is 0.158. The number of pyridine rings is 1. The second-order valence-corrected chi connectivity index (χ2v) is 5.69. The van der Waals surface area contributed by atoms with Crippen LogP contribution in [0.5, 0.6) is 0 Å². The number of nitrogens with zero attached hydrogens (tertiary/aromatic N) is 3. The fourth-order valence-corrected chi connectivity index (χ4v) is 2.65. The summed E-state index contributed by atoms with van der Waals surface area (Å²) in [6, 6.07) is 1.89. The zero-order chi connectivity index (χ0) is 13.1. The molecule has 5 nitrogen and oxygen atoms in total. The van der Waals surface area contributed by atoms with Gasteiger partial charge in [0.25, 0.3) is 0 Å². The van der Waals surface area contributed by atoms with E-state index in [2.05, 4.69) is 47.0 Å². The van der Waals surface area contributed by atoms with E-state index in [4.69, 9.17) is 10.3 Å². The van der Waals surface area contributed by atoms with Gasteiger partial charge in [0, 0.05) is 21.1 Å². The Morgan fingerprint density at radius 3 is 2.89 bits per heavy atom. The first kappa shape index (κ1) is 13.6. The summed E-state index contributed by atoms with van der Waals surface area (Å²) in [7, 11) is 0. The molecule has 96 valence electrons. The third-order valence-electron chi connectivity index (χ3n) is 2.48. The molecule has 0 radical (unpaired) electrons. The quantitative estimate of drug-likeness (QED) is 0.888. The van der Waals surface area contributed by atoms with Gasteiger partial charge in [-0.3, -0.25) is 4.98 Å². The first-order valence-corrected chi connectivity index (χ1v) is 7.05. The molecule has 1 atom stereocenters. The molecule has 0 amide bonds. The van der Waals surface area contributed by atoms with Crippen LogP contribution in [-0.2, 0) is 0 Å². The number of hydrogen-bond acceptors (Lipinski definition) is 5. The Labute approximate surface area is 121 Å². The van der Waals surface area contributed by atoms with Gasteiger partial charge in [-0.05, 0) is 50.9 Å². The maximum absolute atomic E-state index is 5.51. The Bertz CT molecular complexity index is 544. The van der Waals surface area contributed by atoms with Crippen molar-refractivity contribution in [2.75, 3.05) is 6.54 Å². The Morgan fingerprint density at radius 2 is 2.22 bits per heavy atom. The van der Waals surface area contributed by atoms with Gasteiger partial charge in [-0.2, -0.15) is 4.98 Å². The molecule has 0 fully saturated rings. The highest BCUT2D eigenvalue weighted by molar-refractivity contribution is 9.11. The summed E-state index contributed by atoms with van der Waals surface area (Å²) in [6.45, 7) is 2.60. The van der Waals surface area contributed by atoms with Crippen molar-refractivity contribution in [2.45, 2.75) is 19.3 Å². The second-order valence-electron chi connectivity index (χ2n) is 3.92. The highest BCUT2D eigenvalue weighted by Crippen LogP contribution is 2.27. The minimum Gasteiger partial charge on any atom is -0.339 e. The SMILES string of the molecule is CC(CCN)c1nc(-c2ncc(Br)cc2Br)no1. The van der Waals surface area contributed by atoms with Crippen LogP contribution >= 0.6 is 31.9 Å². The molecule has 18 heavy (non-hydrogen) atoms. The van der Waals surface area contributed by atoms with Crippen LogP contribution in [0.1, 0.15) is 25.2 Å². The number of rotatable bonds is 4. The highest BCUT2D eigenvalue weighted by atomic mass is 79.9. The Hall–Kier alpha value is -0.790. The lowest BCUT2D eigenvalue weighted by molar-refractivity contribution is 0.355. The monoisotopic (exact) mass is 374 g/mol. The van der Waals surface area contributed by atoms with E-state index in [-0.39, 0.29) is 5.92 Å². The average molecular weight is 376 g/mol. The van der Waals surface area contributed by atoms with Crippen molar-refractivity contribution in [3.8, 4) is 11.5 Å².